The molecule has 0 radical (unpaired) electrons. The summed E-state index contributed by atoms with van der Waals surface area (Å²) in [6, 6.07) is 20.8. The molecule has 0 unspecified atom stereocenters. The van der Waals surface area contributed by atoms with E-state index in [0.717, 1.165) is 9.25 Å². The third-order valence-electron chi connectivity index (χ3n) is 4.87. The van der Waals surface area contributed by atoms with E-state index in [9.17, 15) is 18.8 Å². The van der Waals surface area contributed by atoms with Crippen LogP contribution >= 0.6 is 11.6 Å². The van der Waals surface area contributed by atoms with Crippen LogP contribution in [0.25, 0.3) is 5.69 Å². The Bertz CT molecular complexity index is 1420. The second-order valence-corrected chi connectivity index (χ2v) is 7.65. The van der Waals surface area contributed by atoms with Gasteiger partial charge in [-0.15, -0.1) is 0 Å². The smallest absolute Gasteiger partial charge is 0.346 e. The number of amides is 1. The molecule has 0 fully saturated rings. The Morgan fingerprint density at radius 2 is 1.67 bits per heavy atom. The largest absolute Gasteiger partial charge is 0.352 e. The fourth-order valence-electron chi connectivity index (χ4n) is 3.22. The number of carbonyl (C=O) groups excluding carboxylic acids is 1. The molecule has 0 aliphatic rings. The number of aromatic nitrogens is 3. The summed E-state index contributed by atoms with van der Waals surface area (Å²) < 4.78 is 15.1. The van der Waals surface area contributed by atoms with E-state index >= 15 is 0 Å². The van der Waals surface area contributed by atoms with Crippen molar-refractivity contribution in [1.82, 2.24) is 19.7 Å². The molecule has 1 N–H and O–H groups in total. The lowest BCUT2D eigenvalue weighted by Gasteiger charge is -2.12. The van der Waals surface area contributed by atoms with E-state index in [-0.39, 0.29) is 13.1 Å². The van der Waals surface area contributed by atoms with Gasteiger partial charge in [0.25, 0.3) is 11.5 Å². The number of rotatable bonds is 6. The Morgan fingerprint density at radius 3 is 2.36 bits per heavy atom. The minimum absolute atomic E-state index is 0.0546. The first kappa shape index (κ1) is 22.2. The molecule has 0 saturated carbocycles. The van der Waals surface area contributed by atoms with Gasteiger partial charge < -0.3 is 5.32 Å². The van der Waals surface area contributed by atoms with Crippen LogP contribution < -0.4 is 16.6 Å². The molecule has 0 bridgehead atoms. The molecule has 0 aliphatic carbocycles. The maximum atomic E-state index is 13.1. The predicted molar refractivity (Wildman–Crippen MR) is 122 cm³/mol. The van der Waals surface area contributed by atoms with Crippen molar-refractivity contribution >= 4 is 17.5 Å². The van der Waals surface area contributed by atoms with Gasteiger partial charge >= 0.3 is 5.69 Å². The minimum Gasteiger partial charge on any atom is -0.346 e. The van der Waals surface area contributed by atoms with Crippen LogP contribution in [0.5, 0.6) is 0 Å². The van der Waals surface area contributed by atoms with Gasteiger partial charge in [-0.1, -0.05) is 54.1 Å². The zero-order chi connectivity index (χ0) is 23.4. The van der Waals surface area contributed by atoms with Crippen LogP contribution in [0.15, 0.2) is 88.5 Å². The highest BCUT2D eigenvalue weighted by molar-refractivity contribution is 6.30. The van der Waals surface area contributed by atoms with Gasteiger partial charge in [0.15, 0.2) is 0 Å². The third-order valence-corrected chi connectivity index (χ3v) is 5.11. The van der Waals surface area contributed by atoms with Crippen LogP contribution in [0.2, 0.25) is 5.02 Å². The van der Waals surface area contributed by atoms with E-state index < -0.39 is 28.7 Å². The van der Waals surface area contributed by atoms with E-state index in [1.807, 2.05) is 0 Å². The fourth-order valence-corrected chi connectivity index (χ4v) is 3.43. The normalized spacial score (nSPS) is 10.7. The number of halogens is 2. The van der Waals surface area contributed by atoms with E-state index in [1.165, 1.54) is 24.3 Å². The number of carbonyl (C=O) groups is 1. The number of hydrogen-bond donors (Lipinski definition) is 1. The number of benzene rings is 3. The summed E-state index contributed by atoms with van der Waals surface area (Å²) in [6.45, 7) is -0.0369. The van der Waals surface area contributed by atoms with Crippen molar-refractivity contribution in [2.75, 3.05) is 0 Å². The lowest BCUT2D eigenvalue weighted by atomic mass is 10.2. The highest BCUT2D eigenvalue weighted by Crippen LogP contribution is 2.11. The van der Waals surface area contributed by atoms with E-state index in [1.54, 1.807) is 54.6 Å². The van der Waals surface area contributed by atoms with Gasteiger partial charge in [-0.2, -0.15) is 9.78 Å². The Hall–Kier alpha value is -4.04. The van der Waals surface area contributed by atoms with Crippen molar-refractivity contribution in [2.24, 2.45) is 0 Å². The standard InChI is InChI=1S/C24H18ClFN4O3/c25-18-6-4-5-17(13-18)15-29-23(32)21(22(31)27-14-16-9-11-19(26)12-10-16)28-30(24(29)33)20-7-2-1-3-8-20/h1-13H,14-15H2,(H,27,31). The molecule has 1 heterocycles. The SMILES string of the molecule is O=C(NCc1ccc(F)cc1)c1nn(-c2ccccc2)c(=O)n(Cc2cccc(Cl)c2)c1=O. The van der Waals surface area contributed by atoms with Crippen molar-refractivity contribution in [1.29, 1.82) is 0 Å². The molecule has 0 aliphatic heterocycles. The van der Waals surface area contributed by atoms with Crippen molar-refractivity contribution in [2.45, 2.75) is 13.1 Å². The molecule has 33 heavy (non-hydrogen) atoms. The molecule has 3 aromatic carbocycles. The molecule has 0 saturated heterocycles. The molecule has 166 valence electrons. The number of hydrogen-bond acceptors (Lipinski definition) is 4. The Labute approximate surface area is 192 Å². The van der Waals surface area contributed by atoms with Gasteiger partial charge in [-0.3, -0.25) is 14.2 Å². The molecule has 0 spiro atoms. The lowest BCUT2D eigenvalue weighted by molar-refractivity contribution is 0.0941. The predicted octanol–water partition coefficient (Wildman–Crippen LogP) is 3.17. The molecule has 9 heteroatoms. The molecule has 1 aromatic heterocycles. The van der Waals surface area contributed by atoms with Crippen LogP contribution in [0, 0.1) is 5.82 Å². The average Bonchev–Trinajstić information content (AvgIpc) is 2.82. The fraction of sp³-hybridized carbons (Fsp3) is 0.0833. The highest BCUT2D eigenvalue weighted by Gasteiger charge is 2.20. The lowest BCUT2D eigenvalue weighted by Crippen LogP contribution is -2.46. The zero-order valence-electron chi connectivity index (χ0n) is 17.2. The monoisotopic (exact) mass is 464 g/mol. The van der Waals surface area contributed by atoms with E-state index in [4.69, 9.17) is 11.6 Å². The van der Waals surface area contributed by atoms with Gasteiger partial charge in [0.2, 0.25) is 5.69 Å². The first-order valence-electron chi connectivity index (χ1n) is 9.99. The van der Waals surface area contributed by atoms with Gasteiger partial charge in [-0.05, 0) is 47.5 Å². The van der Waals surface area contributed by atoms with Crippen LogP contribution in [0.1, 0.15) is 21.6 Å². The first-order chi connectivity index (χ1) is 15.9. The van der Waals surface area contributed by atoms with Crippen molar-refractivity contribution in [3.05, 3.63) is 127 Å². The van der Waals surface area contributed by atoms with Crippen molar-refractivity contribution in [3.8, 4) is 5.69 Å². The third kappa shape index (κ3) is 5.07. The molecule has 4 rings (SSSR count). The molecular formula is C24H18ClFN4O3. The second kappa shape index (κ2) is 9.62. The zero-order valence-corrected chi connectivity index (χ0v) is 18.0. The summed E-state index contributed by atoms with van der Waals surface area (Å²) in [6.07, 6.45) is 0. The minimum atomic E-state index is -0.830. The van der Waals surface area contributed by atoms with Gasteiger partial charge in [0.1, 0.15) is 5.82 Å². The Balaban J connectivity index is 1.75. The van der Waals surface area contributed by atoms with Crippen LogP contribution in [-0.4, -0.2) is 20.3 Å². The maximum absolute atomic E-state index is 13.1. The van der Waals surface area contributed by atoms with Gasteiger partial charge in [-0.25, -0.2) is 9.18 Å². The Morgan fingerprint density at radius 1 is 0.939 bits per heavy atom. The summed E-state index contributed by atoms with van der Waals surface area (Å²) in [5.74, 6) is -1.15. The van der Waals surface area contributed by atoms with Crippen molar-refractivity contribution < 1.29 is 9.18 Å². The highest BCUT2D eigenvalue weighted by atomic mass is 35.5. The summed E-state index contributed by atoms with van der Waals surface area (Å²) in [5, 5.41) is 7.12. The molecule has 4 aromatic rings. The maximum Gasteiger partial charge on any atom is 0.352 e. The van der Waals surface area contributed by atoms with Crippen LogP contribution in [0.3, 0.4) is 0 Å². The number of nitrogens with zero attached hydrogens (tertiary/aromatic N) is 3. The summed E-state index contributed by atoms with van der Waals surface area (Å²) in [7, 11) is 0. The molecular weight excluding hydrogens is 447 g/mol. The summed E-state index contributed by atoms with van der Waals surface area (Å²) in [5.41, 5.74) is -0.312. The van der Waals surface area contributed by atoms with Crippen molar-refractivity contribution in [3.63, 3.8) is 0 Å². The van der Waals surface area contributed by atoms with E-state index in [0.29, 0.717) is 21.8 Å². The molecule has 1 amide bonds. The van der Waals surface area contributed by atoms with Crippen LogP contribution in [-0.2, 0) is 13.1 Å². The Kier molecular flexibility index (Phi) is 6.46. The average molecular weight is 465 g/mol. The van der Waals surface area contributed by atoms with E-state index in [2.05, 4.69) is 10.4 Å². The molecule has 7 nitrogen and oxygen atoms in total. The van der Waals surface area contributed by atoms with Gasteiger partial charge in [0.05, 0.1) is 12.2 Å². The summed E-state index contributed by atoms with van der Waals surface area (Å²) in [4.78, 5) is 39.1. The number of nitrogens with one attached hydrogen (secondary N) is 1. The second-order valence-electron chi connectivity index (χ2n) is 7.21. The summed E-state index contributed by atoms with van der Waals surface area (Å²) >= 11 is 6.04. The van der Waals surface area contributed by atoms with Crippen LogP contribution in [0.4, 0.5) is 4.39 Å². The topological polar surface area (TPSA) is 86.0 Å². The molecule has 0 atom stereocenters. The van der Waals surface area contributed by atoms with Gasteiger partial charge in [0, 0.05) is 11.6 Å². The quantitative estimate of drug-likeness (QED) is 0.475. The first-order valence-corrected chi connectivity index (χ1v) is 10.4. The number of para-hydroxylation sites is 1.